The Morgan fingerprint density at radius 2 is 1.84 bits per heavy atom. The van der Waals surface area contributed by atoms with Crippen LogP contribution in [0.4, 0.5) is 0 Å². The van der Waals surface area contributed by atoms with Gasteiger partial charge in [0.05, 0.1) is 6.07 Å². The second-order valence-electron chi connectivity index (χ2n) is 8.20. The molecule has 2 aliphatic rings. The third kappa shape index (κ3) is 4.52. The number of hydrogen-bond donors (Lipinski definition) is 2. The Bertz CT molecular complexity index is 526. The number of piperidine rings is 1. The molecule has 6 nitrogen and oxygen atoms in total. The monoisotopic (exact) mass is 348 g/mol. The molecular formula is C19H32N4O2. The van der Waals surface area contributed by atoms with Crippen LogP contribution >= 0.6 is 0 Å². The second-order valence-corrected chi connectivity index (χ2v) is 8.20. The molecule has 1 aliphatic heterocycles. The number of hydrogen-bond acceptors (Lipinski definition) is 4. The minimum atomic E-state index is -0.707. The van der Waals surface area contributed by atoms with Crippen LogP contribution < -0.4 is 11.1 Å². The zero-order valence-electron chi connectivity index (χ0n) is 15.6. The molecule has 0 aromatic heterocycles. The van der Waals surface area contributed by atoms with Crippen molar-refractivity contribution in [3.8, 4) is 6.07 Å². The number of amides is 2. The topological polar surface area (TPSA) is 99.2 Å². The lowest BCUT2D eigenvalue weighted by Gasteiger charge is -2.47. The van der Waals surface area contributed by atoms with E-state index in [1.54, 1.807) is 13.8 Å². The molecule has 6 heteroatoms. The average Bonchev–Trinajstić information content (AvgIpc) is 2.62. The molecule has 0 unspecified atom stereocenters. The molecule has 2 fully saturated rings. The summed E-state index contributed by atoms with van der Waals surface area (Å²) in [4.78, 5) is 26.6. The Labute approximate surface area is 151 Å². The van der Waals surface area contributed by atoms with Crippen LogP contribution in [0, 0.1) is 16.7 Å². The minimum Gasteiger partial charge on any atom is -0.369 e. The number of rotatable bonds is 6. The summed E-state index contributed by atoms with van der Waals surface area (Å²) in [6.45, 7) is 5.07. The fraction of sp³-hybridized carbons (Fsp3) is 0.842. The number of nitrogens with zero attached hydrogens (tertiary/aromatic N) is 2. The summed E-state index contributed by atoms with van der Waals surface area (Å²) in [5.41, 5.74) is 4.03. The molecule has 2 amide bonds. The van der Waals surface area contributed by atoms with Gasteiger partial charge in [-0.1, -0.05) is 33.1 Å². The summed E-state index contributed by atoms with van der Waals surface area (Å²) in [6.07, 6.45) is 7.41. The van der Waals surface area contributed by atoms with E-state index in [0.29, 0.717) is 19.3 Å². The van der Waals surface area contributed by atoms with E-state index in [9.17, 15) is 14.9 Å². The fourth-order valence-electron chi connectivity index (χ4n) is 4.04. The van der Waals surface area contributed by atoms with E-state index < -0.39 is 11.0 Å². The molecule has 0 bridgehead atoms. The normalized spacial score (nSPS) is 21.3. The average molecular weight is 348 g/mol. The van der Waals surface area contributed by atoms with Crippen molar-refractivity contribution in [2.75, 3.05) is 13.1 Å². The van der Waals surface area contributed by atoms with E-state index in [2.05, 4.69) is 11.4 Å². The fourth-order valence-corrected chi connectivity index (χ4v) is 4.04. The molecule has 1 heterocycles. The number of nitrogens with two attached hydrogens (primary N) is 1. The van der Waals surface area contributed by atoms with Crippen LogP contribution in [0.2, 0.25) is 0 Å². The maximum atomic E-state index is 13.2. The third-order valence-corrected chi connectivity index (χ3v) is 5.94. The Morgan fingerprint density at radius 1 is 1.24 bits per heavy atom. The highest BCUT2D eigenvalue weighted by atomic mass is 16.2. The zero-order valence-corrected chi connectivity index (χ0v) is 15.6. The van der Waals surface area contributed by atoms with Crippen molar-refractivity contribution in [1.82, 2.24) is 10.2 Å². The molecule has 140 valence electrons. The van der Waals surface area contributed by atoms with Crippen LogP contribution in [0.25, 0.3) is 0 Å². The van der Waals surface area contributed by atoms with Gasteiger partial charge < -0.3 is 16.0 Å². The second kappa shape index (κ2) is 8.18. The van der Waals surface area contributed by atoms with Crippen LogP contribution in [-0.2, 0) is 9.59 Å². The van der Waals surface area contributed by atoms with Gasteiger partial charge in [0.25, 0.3) is 0 Å². The van der Waals surface area contributed by atoms with Gasteiger partial charge in [0.15, 0.2) is 0 Å². The Kier molecular flexibility index (Phi) is 6.45. The maximum Gasteiger partial charge on any atom is 0.224 e. The molecule has 25 heavy (non-hydrogen) atoms. The zero-order chi connectivity index (χ0) is 18.5. The molecule has 1 saturated heterocycles. The molecule has 0 atom stereocenters. The number of carbonyl (C=O) groups is 2. The molecule has 0 spiro atoms. The first-order chi connectivity index (χ1) is 11.8. The van der Waals surface area contributed by atoms with E-state index in [4.69, 9.17) is 5.73 Å². The quantitative estimate of drug-likeness (QED) is 0.767. The Balaban J connectivity index is 2.20. The summed E-state index contributed by atoms with van der Waals surface area (Å²) in [6, 6.07) is 2.64. The van der Waals surface area contributed by atoms with Gasteiger partial charge in [0, 0.05) is 17.9 Å². The minimum absolute atomic E-state index is 0.00433. The highest BCUT2D eigenvalue weighted by Crippen LogP contribution is 2.35. The highest BCUT2D eigenvalue weighted by molar-refractivity contribution is 5.82. The lowest BCUT2D eigenvalue weighted by molar-refractivity contribution is -0.142. The van der Waals surface area contributed by atoms with Crippen LogP contribution in [0.1, 0.15) is 71.6 Å². The number of nitriles is 1. The molecule has 0 radical (unpaired) electrons. The molecular weight excluding hydrogens is 316 g/mol. The van der Waals surface area contributed by atoms with Crippen LogP contribution in [-0.4, -0.2) is 41.4 Å². The van der Waals surface area contributed by atoms with E-state index in [1.807, 2.05) is 4.90 Å². The van der Waals surface area contributed by atoms with Gasteiger partial charge in [0.1, 0.15) is 5.54 Å². The summed E-state index contributed by atoms with van der Waals surface area (Å²) in [5, 5.41) is 13.3. The Morgan fingerprint density at radius 3 is 2.36 bits per heavy atom. The van der Waals surface area contributed by atoms with Crippen molar-refractivity contribution >= 4 is 11.8 Å². The Hall–Kier alpha value is -1.61. The predicted octanol–water partition coefficient (Wildman–Crippen LogP) is 2.09. The van der Waals surface area contributed by atoms with Crippen molar-refractivity contribution in [3.05, 3.63) is 0 Å². The predicted molar refractivity (Wildman–Crippen MR) is 96.4 cm³/mol. The molecule has 0 aromatic carbocycles. The van der Waals surface area contributed by atoms with Crippen LogP contribution in [0.15, 0.2) is 0 Å². The molecule has 1 aliphatic carbocycles. The van der Waals surface area contributed by atoms with Crippen molar-refractivity contribution in [1.29, 1.82) is 5.26 Å². The summed E-state index contributed by atoms with van der Waals surface area (Å²) in [5.74, 6) is -0.383. The van der Waals surface area contributed by atoms with E-state index in [-0.39, 0.29) is 24.3 Å². The van der Waals surface area contributed by atoms with Crippen molar-refractivity contribution in [3.63, 3.8) is 0 Å². The van der Waals surface area contributed by atoms with Gasteiger partial charge >= 0.3 is 0 Å². The van der Waals surface area contributed by atoms with Gasteiger partial charge in [0.2, 0.25) is 11.8 Å². The third-order valence-electron chi connectivity index (χ3n) is 5.94. The number of primary amides is 1. The van der Waals surface area contributed by atoms with Crippen LogP contribution in [0.5, 0.6) is 0 Å². The number of nitrogens with one attached hydrogen (secondary N) is 1. The standard InChI is InChI=1S/C19H32N4O2/c1-18(2,17(21)25)9-8-16(24)23(15-6-4-3-5-7-15)19(14-20)10-12-22-13-11-19/h15,22H,3-13H2,1-2H3,(H2,21,25). The van der Waals surface area contributed by atoms with Gasteiger partial charge in [-0.05, 0) is 45.2 Å². The first-order valence-corrected chi connectivity index (χ1v) is 9.56. The van der Waals surface area contributed by atoms with Gasteiger partial charge in [-0.25, -0.2) is 0 Å². The maximum absolute atomic E-state index is 13.2. The van der Waals surface area contributed by atoms with Gasteiger partial charge in [-0.2, -0.15) is 5.26 Å². The lowest BCUT2D eigenvalue weighted by atomic mass is 9.82. The summed E-state index contributed by atoms with van der Waals surface area (Å²) >= 11 is 0. The van der Waals surface area contributed by atoms with E-state index >= 15 is 0 Å². The SMILES string of the molecule is CC(C)(CCC(=O)N(C1CCCCC1)C1(C#N)CCNCC1)C(N)=O. The smallest absolute Gasteiger partial charge is 0.224 e. The molecule has 1 saturated carbocycles. The molecule has 2 rings (SSSR count). The number of carbonyl (C=O) groups excluding carboxylic acids is 2. The summed E-state index contributed by atoms with van der Waals surface area (Å²) in [7, 11) is 0. The molecule has 3 N–H and O–H groups in total. The van der Waals surface area contributed by atoms with Crippen molar-refractivity contribution < 1.29 is 9.59 Å². The van der Waals surface area contributed by atoms with E-state index in [1.165, 1.54) is 6.42 Å². The van der Waals surface area contributed by atoms with Crippen molar-refractivity contribution in [2.24, 2.45) is 11.1 Å². The first kappa shape index (κ1) is 19.7. The van der Waals surface area contributed by atoms with Crippen LogP contribution in [0.3, 0.4) is 0 Å². The highest BCUT2D eigenvalue weighted by Gasteiger charge is 2.44. The first-order valence-electron chi connectivity index (χ1n) is 9.56. The van der Waals surface area contributed by atoms with E-state index in [0.717, 1.165) is 38.8 Å². The molecule has 0 aromatic rings. The summed E-state index contributed by atoms with van der Waals surface area (Å²) < 4.78 is 0. The van der Waals surface area contributed by atoms with Crippen molar-refractivity contribution in [2.45, 2.75) is 83.2 Å². The van der Waals surface area contributed by atoms with Gasteiger partial charge in [-0.3, -0.25) is 9.59 Å². The lowest BCUT2D eigenvalue weighted by Crippen LogP contribution is -2.60. The van der Waals surface area contributed by atoms with Gasteiger partial charge in [-0.15, -0.1) is 0 Å². The largest absolute Gasteiger partial charge is 0.369 e.